The minimum atomic E-state index is -0.804. The quantitative estimate of drug-likeness (QED) is 0.623. The summed E-state index contributed by atoms with van der Waals surface area (Å²) in [6.07, 6.45) is 0.735. The Bertz CT molecular complexity index is 981. The SMILES string of the molecule is CCOc1c(F)cc(Oc2ccc3cc(CCNC(C)=O)ccc3c2)cc1F. The molecule has 146 valence electrons. The first-order valence-corrected chi connectivity index (χ1v) is 9.03. The summed E-state index contributed by atoms with van der Waals surface area (Å²) in [6.45, 7) is 3.90. The summed E-state index contributed by atoms with van der Waals surface area (Å²) in [5.41, 5.74) is 1.10. The summed E-state index contributed by atoms with van der Waals surface area (Å²) >= 11 is 0. The van der Waals surface area contributed by atoms with Crippen molar-refractivity contribution in [1.29, 1.82) is 0 Å². The molecule has 0 radical (unpaired) electrons. The molecule has 6 heteroatoms. The maximum Gasteiger partial charge on any atom is 0.216 e. The zero-order valence-electron chi connectivity index (χ0n) is 15.7. The van der Waals surface area contributed by atoms with Gasteiger partial charge in [-0.05, 0) is 41.8 Å². The lowest BCUT2D eigenvalue weighted by molar-refractivity contribution is -0.118. The maximum absolute atomic E-state index is 14.0. The molecule has 3 aromatic rings. The standard InChI is InChI=1S/C22H21F2NO3/c1-3-27-22-20(23)12-19(13-21(22)24)28-18-7-6-16-10-15(4-5-17(16)11-18)8-9-25-14(2)26/h4-7,10-13H,3,8-9H2,1-2H3,(H,25,26). The van der Waals surface area contributed by atoms with Gasteiger partial charge in [-0.2, -0.15) is 0 Å². The summed E-state index contributed by atoms with van der Waals surface area (Å²) in [6, 6.07) is 13.6. The molecule has 1 N–H and O–H groups in total. The van der Waals surface area contributed by atoms with E-state index in [1.807, 2.05) is 24.3 Å². The van der Waals surface area contributed by atoms with Gasteiger partial charge in [0.25, 0.3) is 0 Å². The first-order valence-electron chi connectivity index (χ1n) is 9.03. The Hall–Kier alpha value is -3.15. The molecule has 0 aliphatic carbocycles. The van der Waals surface area contributed by atoms with Crippen molar-refractivity contribution in [3.05, 3.63) is 65.7 Å². The lowest BCUT2D eigenvalue weighted by Crippen LogP contribution is -2.22. The van der Waals surface area contributed by atoms with E-state index in [1.165, 1.54) is 6.92 Å². The van der Waals surface area contributed by atoms with E-state index in [2.05, 4.69) is 5.32 Å². The first-order chi connectivity index (χ1) is 13.5. The molecule has 4 nitrogen and oxygen atoms in total. The third-order valence-corrected chi connectivity index (χ3v) is 4.16. The molecule has 0 heterocycles. The van der Waals surface area contributed by atoms with Gasteiger partial charge in [0.05, 0.1) is 6.61 Å². The summed E-state index contributed by atoms with van der Waals surface area (Å²) in [4.78, 5) is 10.9. The van der Waals surface area contributed by atoms with Crippen LogP contribution in [-0.2, 0) is 11.2 Å². The van der Waals surface area contributed by atoms with Gasteiger partial charge in [0.1, 0.15) is 11.5 Å². The lowest BCUT2D eigenvalue weighted by Gasteiger charge is -2.11. The molecule has 0 saturated carbocycles. The Kier molecular flexibility index (Phi) is 6.09. The van der Waals surface area contributed by atoms with Crippen LogP contribution in [0.5, 0.6) is 17.2 Å². The number of hydrogen-bond donors (Lipinski definition) is 1. The number of ether oxygens (including phenoxy) is 2. The second-order valence-corrected chi connectivity index (χ2v) is 6.33. The van der Waals surface area contributed by atoms with Gasteiger partial charge in [0.15, 0.2) is 17.4 Å². The summed E-state index contributed by atoms with van der Waals surface area (Å²) < 4.78 is 38.5. The fourth-order valence-corrected chi connectivity index (χ4v) is 2.89. The molecular formula is C22H21F2NO3. The molecule has 28 heavy (non-hydrogen) atoms. The van der Waals surface area contributed by atoms with E-state index in [1.54, 1.807) is 19.1 Å². The van der Waals surface area contributed by atoms with Crippen LogP contribution in [0.1, 0.15) is 19.4 Å². The molecule has 1 amide bonds. The second-order valence-electron chi connectivity index (χ2n) is 6.33. The van der Waals surface area contributed by atoms with Crippen LogP contribution in [0, 0.1) is 11.6 Å². The van der Waals surface area contributed by atoms with Crippen molar-refractivity contribution < 1.29 is 23.0 Å². The number of rotatable bonds is 7. The van der Waals surface area contributed by atoms with Crippen molar-refractivity contribution in [3.63, 3.8) is 0 Å². The molecule has 0 spiro atoms. The molecule has 0 aliphatic rings. The Morgan fingerprint density at radius 3 is 2.32 bits per heavy atom. The molecule has 0 aromatic heterocycles. The minimum Gasteiger partial charge on any atom is -0.488 e. The van der Waals surface area contributed by atoms with Gasteiger partial charge in [-0.25, -0.2) is 8.78 Å². The van der Waals surface area contributed by atoms with E-state index in [9.17, 15) is 13.6 Å². The Morgan fingerprint density at radius 2 is 1.64 bits per heavy atom. The van der Waals surface area contributed by atoms with Crippen molar-refractivity contribution in [2.45, 2.75) is 20.3 Å². The van der Waals surface area contributed by atoms with Crippen LogP contribution in [0.2, 0.25) is 0 Å². The molecule has 0 atom stereocenters. The van der Waals surface area contributed by atoms with Crippen molar-refractivity contribution >= 4 is 16.7 Å². The smallest absolute Gasteiger partial charge is 0.216 e. The number of halogens is 2. The highest BCUT2D eigenvalue weighted by molar-refractivity contribution is 5.84. The largest absolute Gasteiger partial charge is 0.488 e. The highest BCUT2D eigenvalue weighted by atomic mass is 19.1. The number of carbonyl (C=O) groups excluding carboxylic acids is 1. The third kappa shape index (κ3) is 4.76. The predicted octanol–water partition coefficient (Wildman–Crippen LogP) is 4.99. The van der Waals surface area contributed by atoms with Crippen LogP contribution in [0.4, 0.5) is 8.78 Å². The highest BCUT2D eigenvalue weighted by Crippen LogP contribution is 2.31. The van der Waals surface area contributed by atoms with Crippen LogP contribution in [0.25, 0.3) is 10.8 Å². The van der Waals surface area contributed by atoms with Crippen molar-refractivity contribution in [3.8, 4) is 17.2 Å². The average Bonchev–Trinajstić information content (AvgIpc) is 2.64. The zero-order valence-corrected chi connectivity index (χ0v) is 15.7. The highest BCUT2D eigenvalue weighted by Gasteiger charge is 2.13. The topological polar surface area (TPSA) is 47.6 Å². The Labute approximate surface area is 162 Å². The van der Waals surface area contributed by atoms with Crippen LogP contribution in [0.15, 0.2) is 48.5 Å². The van der Waals surface area contributed by atoms with Crippen LogP contribution in [-0.4, -0.2) is 19.1 Å². The second kappa shape index (κ2) is 8.69. The van der Waals surface area contributed by atoms with E-state index < -0.39 is 17.4 Å². The van der Waals surface area contributed by atoms with Gasteiger partial charge < -0.3 is 14.8 Å². The molecule has 0 aliphatic heterocycles. The maximum atomic E-state index is 14.0. The minimum absolute atomic E-state index is 0.0512. The number of carbonyl (C=O) groups is 1. The molecule has 0 fully saturated rings. The zero-order chi connectivity index (χ0) is 20.1. The van der Waals surface area contributed by atoms with Crippen molar-refractivity contribution in [1.82, 2.24) is 5.32 Å². The van der Waals surface area contributed by atoms with E-state index >= 15 is 0 Å². The molecule has 0 bridgehead atoms. The van der Waals surface area contributed by atoms with Crippen LogP contribution < -0.4 is 14.8 Å². The molecule has 0 unspecified atom stereocenters. The van der Waals surface area contributed by atoms with Gasteiger partial charge in [-0.3, -0.25) is 4.79 Å². The van der Waals surface area contributed by atoms with Gasteiger partial charge >= 0.3 is 0 Å². The van der Waals surface area contributed by atoms with Crippen molar-refractivity contribution in [2.75, 3.05) is 13.2 Å². The number of fused-ring (bicyclic) bond motifs is 1. The average molecular weight is 385 g/mol. The number of nitrogens with one attached hydrogen (secondary N) is 1. The lowest BCUT2D eigenvalue weighted by atomic mass is 10.0. The third-order valence-electron chi connectivity index (χ3n) is 4.16. The Balaban J connectivity index is 1.76. The Morgan fingerprint density at radius 1 is 0.964 bits per heavy atom. The normalized spacial score (nSPS) is 10.7. The number of amides is 1. The summed E-state index contributed by atoms with van der Waals surface area (Å²) in [5.74, 6) is -1.53. The monoisotopic (exact) mass is 385 g/mol. The number of benzene rings is 3. The predicted molar refractivity (Wildman–Crippen MR) is 104 cm³/mol. The number of hydrogen-bond acceptors (Lipinski definition) is 3. The van der Waals surface area contributed by atoms with Gasteiger partial charge in [-0.15, -0.1) is 0 Å². The molecule has 3 aromatic carbocycles. The fraction of sp³-hybridized carbons (Fsp3) is 0.227. The van der Waals surface area contributed by atoms with Gasteiger partial charge in [-0.1, -0.05) is 24.3 Å². The van der Waals surface area contributed by atoms with Crippen LogP contribution >= 0.6 is 0 Å². The first kappa shape index (κ1) is 19.6. The van der Waals surface area contributed by atoms with Gasteiger partial charge in [0, 0.05) is 25.6 Å². The molecule has 3 rings (SSSR count). The van der Waals surface area contributed by atoms with E-state index in [0.29, 0.717) is 12.3 Å². The van der Waals surface area contributed by atoms with Crippen LogP contribution in [0.3, 0.4) is 0 Å². The fourth-order valence-electron chi connectivity index (χ4n) is 2.89. The summed E-state index contributed by atoms with van der Waals surface area (Å²) in [5, 5.41) is 4.72. The van der Waals surface area contributed by atoms with Crippen molar-refractivity contribution in [2.24, 2.45) is 0 Å². The molecular weight excluding hydrogens is 364 g/mol. The van der Waals surface area contributed by atoms with E-state index in [4.69, 9.17) is 9.47 Å². The van der Waals surface area contributed by atoms with E-state index in [0.717, 1.165) is 34.9 Å². The van der Waals surface area contributed by atoms with Gasteiger partial charge in [0.2, 0.25) is 5.91 Å². The van der Waals surface area contributed by atoms with E-state index in [-0.39, 0.29) is 18.3 Å². The molecule has 0 saturated heterocycles. The summed E-state index contributed by atoms with van der Waals surface area (Å²) in [7, 11) is 0.